The minimum atomic E-state index is -3.59. The average molecular weight is 383 g/mol. The summed E-state index contributed by atoms with van der Waals surface area (Å²) in [4.78, 5) is 31.3. The molecule has 0 saturated heterocycles. The second-order valence-electron chi connectivity index (χ2n) is 4.76. The summed E-state index contributed by atoms with van der Waals surface area (Å²) in [6.45, 7) is 0. The van der Waals surface area contributed by atoms with Gasteiger partial charge in [-0.15, -0.1) is 0 Å². The molecule has 0 aromatic rings. The third-order valence-corrected chi connectivity index (χ3v) is 7.88. The first-order valence-electron chi connectivity index (χ1n) is 6.99. The second-order valence-corrected chi connectivity index (χ2v) is 10.2. The van der Waals surface area contributed by atoms with Gasteiger partial charge in [0.05, 0.1) is 0 Å². The molecule has 5 heteroatoms. The summed E-state index contributed by atoms with van der Waals surface area (Å²) in [5, 5.41) is 0. The van der Waals surface area contributed by atoms with E-state index in [0.717, 1.165) is 0 Å². The van der Waals surface area contributed by atoms with E-state index < -0.39 is 11.8 Å². The van der Waals surface area contributed by atoms with Crippen LogP contribution in [0, 0.1) is 0 Å². The van der Waals surface area contributed by atoms with E-state index in [1.807, 2.05) is 0 Å². The van der Waals surface area contributed by atoms with Gasteiger partial charge in [-0.3, -0.25) is 0 Å². The third kappa shape index (κ3) is 4.61. The van der Waals surface area contributed by atoms with Crippen LogP contribution in [0.5, 0.6) is 0 Å². The van der Waals surface area contributed by atoms with Crippen LogP contribution in [0.25, 0.3) is 0 Å². The van der Waals surface area contributed by atoms with Crippen molar-refractivity contribution >= 4 is 14.2 Å². The molecule has 0 amide bonds. The summed E-state index contributed by atoms with van der Waals surface area (Å²) in [5.41, 5.74) is 0. The predicted octanol–water partition coefficient (Wildman–Crippen LogP) is 2.94. The van der Waals surface area contributed by atoms with E-state index in [9.17, 15) is 14.4 Å². The first kappa shape index (κ1) is 17.6. The first-order chi connectivity index (χ1) is 11.2. The van der Waals surface area contributed by atoms with Crippen LogP contribution in [0.1, 0.15) is 19.3 Å². The van der Waals surface area contributed by atoms with Crippen molar-refractivity contribution < 1.29 is 41.4 Å². The van der Waals surface area contributed by atoms with Gasteiger partial charge in [0.15, 0.2) is 0 Å². The Morgan fingerprint density at radius 1 is 0.739 bits per heavy atom. The van der Waals surface area contributed by atoms with Gasteiger partial charge in [-0.2, -0.15) is 0 Å². The van der Waals surface area contributed by atoms with Gasteiger partial charge in [-0.1, -0.05) is 0 Å². The van der Waals surface area contributed by atoms with Gasteiger partial charge in [0.25, 0.3) is 0 Å². The normalized spacial score (nSPS) is 17.5. The van der Waals surface area contributed by atoms with Gasteiger partial charge >= 0.3 is 143 Å². The Bertz CT molecular complexity index is 849. The quantitative estimate of drug-likeness (QED) is 0.753. The van der Waals surface area contributed by atoms with E-state index in [1.165, 1.54) is 27.1 Å². The molecule has 3 aliphatic carbocycles. The predicted molar refractivity (Wildman–Crippen MR) is 82.6 cm³/mol. The Labute approximate surface area is 142 Å². The first-order valence-corrected chi connectivity index (χ1v) is 10.8. The molecule has 23 heavy (non-hydrogen) atoms. The van der Waals surface area contributed by atoms with Crippen molar-refractivity contribution in [3.05, 3.63) is 68.0 Å². The van der Waals surface area contributed by atoms with Crippen LogP contribution < -0.4 is 0 Å². The van der Waals surface area contributed by atoms with Gasteiger partial charge in [-0.05, 0) is 0 Å². The number of allylic oxidation sites excluding steroid dienone is 12. The Morgan fingerprint density at radius 2 is 1.22 bits per heavy atom. The Hall–Kier alpha value is -1.76. The van der Waals surface area contributed by atoms with E-state index in [4.69, 9.17) is 0 Å². The van der Waals surface area contributed by atoms with Gasteiger partial charge in [-0.25, -0.2) is 0 Å². The SMILES string of the molecule is C1=CC[C]([Cr][C]2=CC=CC2)=C1.O=[C]=[Cr](=[C]=O)(=[C]=O)[C]1=CC=CC1. The fourth-order valence-electron chi connectivity index (χ4n) is 2.04. The Morgan fingerprint density at radius 3 is 1.57 bits per heavy atom. The van der Waals surface area contributed by atoms with Gasteiger partial charge in [0.2, 0.25) is 0 Å². The van der Waals surface area contributed by atoms with Gasteiger partial charge < -0.3 is 0 Å². The summed E-state index contributed by atoms with van der Waals surface area (Å²) in [6, 6.07) is 0. The van der Waals surface area contributed by atoms with Crippen molar-refractivity contribution in [2.24, 2.45) is 0 Å². The van der Waals surface area contributed by atoms with Crippen molar-refractivity contribution in [1.82, 2.24) is 0 Å². The van der Waals surface area contributed by atoms with Crippen molar-refractivity contribution in [2.45, 2.75) is 19.3 Å². The van der Waals surface area contributed by atoms with Crippen molar-refractivity contribution in [3.8, 4) is 0 Å². The van der Waals surface area contributed by atoms with Crippen LogP contribution in [-0.4, -0.2) is 14.2 Å². The molecular weight excluding hydrogens is 368 g/mol. The van der Waals surface area contributed by atoms with Crippen LogP contribution >= 0.6 is 0 Å². The van der Waals surface area contributed by atoms with Crippen LogP contribution in [0.3, 0.4) is 0 Å². The summed E-state index contributed by atoms with van der Waals surface area (Å²) < 4.78 is 8.29. The molecular formula is C18H15Cr2O3. The second kappa shape index (κ2) is 8.77. The molecule has 0 bridgehead atoms. The fraction of sp³-hybridized carbons (Fsp3) is 0.167. The molecule has 0 atom stereocenters. The molecule has 3 rings (SSSR count). The molecule has 0 radical (unpaired) electrons. The standard InChI is InChI=1S/3C5H5.3CO.2Cr/c3*1-2-4-5-3-1;3*1-2;;/h3*1-3H,4H2;;;;;. The molecule has 3 nitrogen and oxygen atoms in total. The van der Waals surface area contributed by atoms with Crippen LogP contribution in [0.15, 0.2) is 68.0 Å². The van der Waals surface area contributed by atoms with E-state index in [0.29, 0.717) is 26.1 Å². The minimum absolute atomic E-state index is 0.472. The molecule has 0 N–H and O–H groups in total. The van der Waals surface area contributed by atoms with Crippen molar-refractivity contribution in [2.75, 3.05) is 0 Å². The van der Waals surface area contributed by atoms with Crippen LogP contribution in [0.2, 0.25) is 0 Å². The van der Waals surface area contributed by atoms with Gasteiger partial charge in [0.1, 0.15) is 0 Å². The maximum atomic E-state index is 10.4. The molecule has 0 saturated carbocycles. The molecule has 0 unspecified atom stereocenters. The van der Waals surface area contributed by atoms with Crippen molar-refractivity contribution in [3.63, 3.8) is 0 Å². The monoisotopic (exact) mass is 383 g/mol. The number of rotatable bonds is 3. The molecule has 0 heterocycles. The van der Waals surface area contributed by atoms with E-state index in [2.05, 4.69) is 36.5 Å². The topological polar surface area (TPSA) is 51.2 Å². The summed E-state index contributed by atoms with van der Waals surface area (Å²) in [7, 11) is 0. The summed E-state index contributed by atoms with van der Waals surface area (Å²) in [6.07, 6.45) is 21.3. The fourth-order valence-corrected chi connectivity index (χ4v) is 5.23. The van der Waals surface area contributed by atoms with Gasteiger partial charge in [0, 0.05) is 0 Å². The number of hydrogen-bond acceptors (Lipinski definition) is 3. The Kier molecular flexibility index (Phi) is 6.71. The van der Waals surface area contributed by atoms with Crippen LogP contribution in [-0.2, 0) is 41.4 Å². The summed E-state index contributed by atoms with van der Waals surface area (Å²) in [5.74, 6) is 0. The average Bonchev–Trinajstić information content (AvgIpc) is 3.35. The number of carbonyl (C=O) groups excluding carboxylic acids is 3. The van der Waals surface area contributed by atoms with Crippen molar-refractivity contribution in [1.29, 1.82) is 0 Å². The Balaban J connectivity index is 0.000000167. The zero-order valence-electron chi connectivity index (χ0n) is 12.4. The molecule has 3 aliphatic rings. The molecule has 0 aliphatic heterocycles. The van der Waals surface area contributed by atoms with E-state index >= 15 is 0 Å². The molecule has 0 spiro atoms. The summed E-state index contributed by atoms with van der Waals surface area (Å²) >= 11 is -2.96. The van der Waals surface area contributed by atoms with E-state index in [1.54, 1.807) is 27.1 Å². The third-order valence-electron chi connectivity index (χ3n) is 3.24. The zero-order chi connectivity index (χ0) is 16.5. The maximum absolute atomic E-state index is 10.4. The number of hydrogen-bond donors (Lipinski definition) is 0. The zero-order valence-corrected chi connectivity index (χ0v) is 14.9. The molecule has 0 fully saturated rings. The molecule has 0 aromatic heterocycles. The molecule has 0 aromatic carbocycles. The molecule has 117 valence electrons. The van der Waals surface area contributed by atoms with E-state index in [-0.39, 0.29) is 0 Å². The van der Waals surface area contributed by atoms with Crippen LogP contribution in [0.4, 0.5) is 0 Å².